The van der Waals surface area contributed by atoms with Gasteiger partial charge in [-0.2, -0.15) is 5.21 Å². The normalized spacial score (nSPS) is 10.9. The number of fused-ring (bicyclic) bond motifs is 1. The van der Waals surface area contributed by atoms with Crippen molar-refractivity contribution in [3.8, 4) is 22.9 Å². The zero-order valence-electron chi connectivity index (χ0n) is 14.6. The molecule has 0 fully saturated rings. The third-order valence-corrected chi connectivity index (χ3v) is 4.75. The lowest BCUT2D eigenvalue weighted by Crippen LogP contribution is -2.01. The number of nitrogens with zero attached hydrogens (tertiary/aromatic N) is 3. The molecule has 136 valence electrons. The van der Waals surface area contributed by atoms with Crippen LogP contribution >= 0.6 is 15.9 Å². The van der Waals surface area contributed by atoms with Crippen LogP contribution < -0.4 is 9.47 Å². The third kappa shape index (κ3) is 3.64. The summed E-state index contributed by atoms with van der Waals surface area (Å²) in [6, 6.07) is 18.2. The molecule has 3 aromatic carbocycles. The van der Waals surface area contributed by atoms with Crippen molar-refractivity contribution in [1.29, 1.82) is 0 Å². The van der Waals surface area contributed by atoms with Crippen molar-refractivity contribution in [3.05, 3.63) is 64.6 Å². The van der Waals surface area contributed by atoms with E-state index >= 15 is 0 Å². The predicted molar refractivity (Wildman–Crippen MR) is 107 cm³/mol. The zero-order valence-corrected chi connectivity index (χ0v) is 16.2. The molecule has 0 spiro atoms. The van der Waals surface area contributed by atoms with E-state index in [1.165, 1.54) is 10.8 Å². The molecule has 0 amide bonds. The van der Waals surface area contributed by atoms with E-state index in [9.17, 15) is 0 Å². The number of tetrazole rings is 1. The van der Waals surface area contributed by atoms with Gasteiger partial charge in [-0.3, -0.25) is 0 Å². The molecule has 0 radical (unpaired) electrons. The van der Waals surface area contributed by atoms with Crippen LogP contribution in [-0.4, -0.2) is 27.2 Å². The number of H-pyrrole nitrogens is 1. The van der Waals surface area contributed by atoms with Gasteiger partial charge in [0.1, 0.15) is 6.61 Å². The number of rotatable bonds is 6. The number of halogens is 1. The molecule has 6 nitrogen and oxygen atoms in total. The van der Waals surface area contributed by atoms with E-state index in [2.05, 4.69) is 60.8 Å². The summed E-state index contributed by atoms with van der Waals surface area (Å²) in [5.74, 6) is 1.78. The molecule has 0 unspecified atom stereocenters. The molecule has 1 N–H and O–H groups in total. The van der Waals surface area contributed by atoms with E-state index in [1.807, 2.05) is 37.3 Å². The Kier molecular flexibility index (Phi) is 5.02. The highest BCUT2D eigenvalue weighted by atomic mass is 79.9. The van der Waals surface area contributed by atoms with Crippen LogP contribution in [0, 0.1) is 0 Å². The van der Waals surface area contributed by atoms with Gasteiger partial charge in [0, 0.05) is 5.56 Å². The standard InChI is InChI=1S/C20H17BrN4O2/c1-2-26-18-11-15(20-22-24-25-23-20)10-17(21)19(18)27-12-14-8-5-7-13-6-3-4-9-16(13)14/h3-11H,2,12H2,1H3,(H,22,23,24,25). The monoisotopic (exact) mass is 424 g/mol. The number of hydrogen-bond acceptors (Lipinski definition) is 5. The van der Waals surface area contributed by atoms with Crippen LogP contribution in [0.3, 0.4) is 0 Å². The predicted octanol–water partition coefficient (Wildman–Crippen LogP) is 4.76. The topological polar surface area (TPSA) is 72.9 Å². The Morgan fingerprint density at radius 3 is 2.70 bits per heavy atom. The number of nitrogens with one attached hydrogen (secondary N) is 1. The first-order valence-electron chi connectivity index (χ1n) is 8.56. The summed E-state index contributed by atoms with van der Waals surface area (Å²) >= 11 is 3.59. The van der Waals surface area contributed by atoms with Gasteiger partial charge < -0.3 is 9.47 Å². The lowest BCUT2D eigenvalue weighted by atomic mass is 10.1. The van der Waals surface area contributed by atoms with Gasteiger partial charge >= 0.3 is 0 Å². The van der Waals surface area contributed by atoms with Gasteiger partial charge in [0.15, 0.2) is 11.5 Å². The van der Waals surface area contributed by atoms with E-state index in [0.29, 0.717) is 30.5 Å². The average Bonchev–Trinajstić information content (AvgIpc) is 3.22. The van der Waals surface area contributed by atoms with Crippen LogP contribution in [0.15, 0.2) is 59.1 Å². The second kappa shape index (κ2) is 7.75. The SMILES string of the molecule is CCOc1cc(-c2nn[nH]n2)cc(Br)c1OCc1cccc2ccccc12. The Morgan fingerprint density at radius 1 is 1.04 bits per heavy atom. The number of hydrogen-bond donors (Lipinski definition) is 1. The Labute approximate surface area is 164 Å². The van der Waals surface area contributed by atoms with Crippen LogP contribution in [0.4, 0.5) is 0 Å². The third-order valence-electron chi connectivity index (χ3n) is 4.16. The van der Waals surface area contributed by atoms with Crippen molar-refractivity contribution in [3.63, 3.8) is 0 Å². The average molecular weight is 425 g/mol. The highest BCUT2D eigenvalue weighted by molar-refractivity contribution is 9.10. The van der Waals surface area contributed by atoms with Gasteiger partial charge in [0.05, 0.1) is 11.1 Å². The number of aromatic nitrogens is 4. The summed E-state index contributed by atoms with van der Waals surface area (Å²) in [6.07, 6.45) is 0. The van der Waals surface area contributed by atoms with Crippen molar-refractivity contribution < 1.29 is 9.47 Å². The first-order chi connectivity index (χ1) is 13.3. The van der Waals surface area contributed by atoms with Gasteiger partial charge in [0.2, 0.25) is 5.82 Å². The summed E-state index contributed by atoms with van der Waals surface area (Å²) in [7, 11) is 0. The maximum atomic E-state index is 6.15. The Bertz CT molecular complexity index is 1060. The maximum Gasteiger partial charge on any atom is 0.204 e. The van der Waals surface area contributed by atoms with E-state index in [4.69, 9.17) is 9.47 Å². The van der Waals surface area contributed by atoms with E-state index < -0.39 is 0 Å². The van der Waals surface area contributed by atoms with E-state index in [1.54, 1.807) is 0 Å². The van der Waals surface area contributed by atoms with Gasteiger partial charge in [-0.1, -0.05) is 42.5 Å². The van der Waals surface area contributed by atoms with Crippen molar-refractivity contribution in [2.24, 2.45) is 0 Å². The minimum Gasteiger partial charge on any atom is -0.490 e. The Morgan fingerprint density at radius 2 is 1.89 bits per heavy atom. The molecule has 4 rings (SSSR count). The minimum atomic E-state index is 0.432. The lowest BCUT2D eigenvalue weighted by Gasteiger charge is -2.15. The highest BCUT2D eigenvalue weighted by Crippen LogP contribution is 2.39. The Hall–Kier alpha value is -2.93. The molecule has 0 bridgehead atoms. The van der Waals surface area contributed by atoms with Gasteiger partial charge in [-0.05, 0) is 56.5 Å². The first-order valence-corrected chi connectivity index (χ1v) is 9.35. The molecule has 0 atom stereocenters. The fraction of sp³-hybridized carbons (Fsp3) is 0.150. The van der Waals surface area contributed by atoms with Crippen LogP contribution in [0.5, 0.6) is 11.5 Å². The van der Waals surface area contributed by atoms with Crippen LogP contribution in [0.25, 0.3) is 22.2 Å². The molecule has 7 heteroatoms. The second-order valence-electron chi connectivity index (χ2n) is 5.88. The second-order valence-corrected chi connectivity index (χ2v) is 6.74. The van der Waals surface area contributed by atoms with Gasteiger partial charge in [-0.15, -0.1) is 10.2 Å². The van der Waals surface area contributed by atoms with Crippen molar-refractivity contribution in [1.82, 2.24) is 20.6 Å². The summed E-state index contributed by atoms with van der Waals surface area (Å²) in [5.41, 5.74) is 1.90. The summed E-state index contributed by atoms with van der Waals surface area (Å²) in [4.78, 5) is 0. The molecule has 0 saturated heterocycles. The molecule has 27 heavy (non-hydrogen) atoms. The molecule has 4 aromatic rings. The highest BCUT2D eigenvalue weighted by Gasteiger charge is 2.16. The van der Waals surface area contributed by atoms with Crippen LogP contribution in [-0.2, 0) is 6.61 Å². The van der Waals surface area contributed by atoms with E-state index in [-0.39, 0.29) is 0 Å². The Balaban J connectivity index is 1.66. The number of ether oxygens (including phenoxy) is 2. The molecule has 0 aliphatic carbocycles. The van der Waals surface area contributed by atoms with E-state index in [0.717, 1.165) is 15.6 Å². The molecule has 1 heterocycles. The zero-order chi connectivity index (χ0) is 18.6. The number of aromatic amines is 1. The fourth-order valence-corrected chi connectivity index (χ4v) is 3.51. The molecule has 0 aliphatic rings. The molecular weight excluding hydrogens is 408 g/mol. The van der Waals surface area contributed by atoms with Crippen LogP contribution in [0.1, 0.15) is 12.5 Å². The minimum absolute atomic E-state index is 0.432. The number of benzene rings is 3. The van der Waals surface area contributed by atoms with Crippen molar-refractivity contribution in [2.45, 2.75) is 13.5 Å². The molecular formula is C20H17BrN4O2. The largest absolute Gasteiger partial charge is 0.490 e. The summed E-state index contributed by atoms with van der Waals surface area (Å²) in [6.45, 7) is 2.89. The van der Waals surface area contributed by atoms with Crippen LogP contribution in [0.2, 0.25) is 0 Å². The smallest absolute Gasteiger partial charge is 0.204 e. The molecule has 0 aliphatic heterocycles. The summed E-state index contributed by atoms with van der Waals surface area (Å²) in [5, 5.41) is 16.5. The molecule has 0 saturated carbocycles. The summed E-state index contributed by atoms with van der Waals surface area (Å²) < 4.78 is 12.7. The van der Waals surface area contributed by atoms with Gasteiger partial charge in [-0.25, -0.2) is 0 Å². The van der Waals surface area contributed by atoms with Crippen molar-refractivity contribution in [2.75, 3.05) is 6.61 Å². The molecule has 1 aromatic heterocycles. The quantitative estimate of drug-likeness (QED) is 0.482. The lowest BCUT2D eigenvalue weighted by molar-refractivity contribution is 0.268. The first kappa shape index (κ1) is 17.5. The van der Waals surface area contributed by atoms with Crippen molar-refractivity contribution >= 4 is 26.7 Å². The maximum absolute atomic E-state index is 6.15. The van der Waals surface area contributed by atoms with Gasteiger partial charge in [0.25, 0.3) is 0 Å². The fourth-order valence-electron chi connectivity index (χ4n) is 2.95.